The zero-order valence-electron chi connectivity index (χ0n) is 17.2. The Kier molecular flexibility index (Phi) is 5.41. The summed E-state index contributed by atoms with van der Waals surface area (Å²) in [7, 11) is -3.48. The summed E-state index contributed by atoms with van der Waals surface area (Å²) >= 11 is 0. The number of nitrogens with zero attached hydrogens (tertiary/aromatic N) is 1. The standard InChI is InChI=1S/C23H18F3N3O3S/c1-33(31,32)28-17-7-5-14-9-10-29(21(14)13-17)18-4-2-3-15(11-18)19-12-16(22(27)30)6-8-20(19)23(24,25)26/h2-13,28H,1H3,(H2,27,30). The van der Waals surface area contributed by atoms with Crippen molar-refractivity contribution in [2.45, 2.75) is 6.18 Å². The lowest BCUT2D eigenvalue weighted by molar-refractivity contribution is -0.137. The van der Waals surface area contributed by atoms with E-state index in [1.165, 1.54) is 6.07 Å². The minimum atomic E-state index is -4.63. The Morgan fingerprint density at radius 2 is 1.76 bits per heavy atom. The fourth-order valence-corrected chi connectivity index (χ4v) is 4.19. The molecule has 0 saturated carbocycles. The van der Waals surface area contributed by atoms with E-state index in [-0.39, 0.29) is 16.7 Å². The van der Waals surface area contributed by atoms with E-state index in [1.54, 1.807) is 53.2 Å². The summed E-state index contributed by atoms with van der Waals surface area (Å²) in [6, 6.07) is 16.2. The minimum Gasteiger partial charge on any atom is -0.366 e. The summed E-state index contributed by atoms with van der Waals surface area (Å²) < 4.78 is 68.3. The first-order valence-electron chi connectivity index (χ1n) is 9.63. The average molecular weight is 473 g/mol. The van der Waals surface area contributed by atoms with Gasteiger partial charge in [-0.05, 0) is 59.7 Å². The summed E-state index contributed by atoms with van der Waals surface area (Å²) in [5, 5.41) is 0.811. The monoisotopic (exact) mass is 473 g/mol. The van der Waals surface area contributed by atoms with Gasteiger partial charge in [0.15, 0.2) is 0 Å². The van der Waals surface area contributed by atoms with Crippen molar-refractivity contribution >= 4 is 32.5 Å². The lowest BCUT2D eigenvalue weighted by Crippen LogP contribution is -2.13. The van der Waals surface area contributed by atoms with Crippen LogP contribution in [0.1, 0.15) is 15.9 Å². The van der Waals surface area contributed by atoms with Crippen LogP contribution in [0.4, 0.5) is 18.9 Å². The number of anilines is 1. The lowest BCUT2D eigenvalue weighted by Gasteiger charge is -2.15. The maximum Gasteiger partial charge on any atom is 0.417 e. The number of rotatable bonds is 5. The molecule has 0 aliphatic carbocycles. The molecule has 0 aliphatic rings. The molecule has 0 saturated heterocycles. The van der Waals surface area contributed by atoms with Gasteiger partial charge in [0.05, 0.1) is 23.0 Å². The van der Waals surface area contributed by atoms with Crippen LogP contribution in [0.5, 0.6) is 0 Å². The summed E-state index contributed by atoms with van der Waals surface area (Å²) in [5.41, 5.74) is 5.99. The number of alkyl halides is 3. The molecule has 0 spiro atoms. The van der Waals surface area contributed by atoms with Gasteiger partial charge in [0, 0.05) is 22.8 Å². The number of benzene rings is 3. The number of hydrogen-bond acceptors (Lipinski definition) is 3. The lowest BCUT2D eigenvalue weighted by atomic mass is 9.96. The SMILES string of the molecule is CS(=O)(=O)Nc1ccc2ccn(-c3cccc(-c4cc(C(N)=O)ccc4C(F)(F)F)c3)c2c1. The molecule has 4 aromatic rings. The van der Waals surface area contributed by atoms with Gasteiger partial charge in [-0.2, -0.15) is 13.2 Å². The number of nitrogens with one attached hydrogen (secondary N) is 1. The highest BCUT2D eigenvalue weighted by molar-refractivity contribution is 7.92. The van der Waals surface area contributed by atoms with Crippen molar-refractivity contribution < 1.29 is 26.4 Å². The van der Waals surface area contributed by atoms with Crippen LogP contribution in [0, 0.1) is 0 Å². The Balaban J connectivity index is 1.86. The van der Waals surface area contributed by atoms with Gasteiger partial charge in [-0.15, -0.1) is 0 Å². The first-order valence-corrected chi connectivity index (χ1v) is 11.5. The first-order chi connectivity index (χ1) is 15.4. The number of halogens is 3. The highest BCUT2D eigenvalue weighted by Crippen LogP contribution is 2.38. The maximum atomic E-state index is 13.7. The predicted octanol–water partition coefficient (Wildman–Crippen LogP) is 4.79. The molecule has 4 rings (SSSR count). The van der Waals surface area contributed by atoms with Crippen LogP contribution in [0.2, 0.25) is 0 Å². The van der Waals surface area contributed by atoms with Gasteiger partial charge in [-0.1, -0.05) is 18.2 Å². The van der Waals surface area contributed by atoms with Crippen LogP contribution in [-0.4, -0.2) is 25.1 Å². The number of aromatic nitrogens is 1. The van der Waals surface area contributed by atoms with Crippen LogP contribution in [-0.2, 0) is 16.2 Å². The van der Waals surface area contributed by atoms with Gasteiger partial charge in [-0.3, -0.25) is 9.52 Å². The number of carbonyl (C=O) groups is 1. The van der Waals surface area contributed by atoms with E-state index in [1.807, 2.05) is 0 Å². The number of sulfonamides is 1. The van der Waals surface area contributed by atoms with Gasteiger partial charge in [-0.25, -0.2) is 8.42 Å². The molecule has 0 radical (unpaired) electrons. The summed E-state index contributed by atoms with van der Waals surface area (Å²) in [5.74, 6) is -0.830. The van der Waals surface area contributed by atoms with E-state index in [0.717, 1.165) is 29.8 Å². The molecule has 33 heavy (non-hydrogen) atoms. The van der Waals surface area contributed by atoms with Crippen molar-refractivity contribution in [3.05, 3.63) is 84.1 Å². The Hall–Kier alpha value is -3.79. The van der Waals surface area contributed by atoms with Crippen LogP contribution in [0.3, 0.4) is 0 Å². The van der Waals surface area contributed by atoms with Crippen molar-refractivity contribution in [2.75, 3.05) is 11.0 Å². The second kappa shape index (κ2) is 7.96. The van der Waals surface area contributed by atoms with E-state index in [9.17, 15) is 26.4 Å². The van der Waals surface area contributed by atoms with Crippen molar-refractivity contribution in [1.82, 2.24) is 4.57 Å². The quantitative estimate of drug-likeness (QED) is 0.437. The molecule has 10 heteroatoms. The van der Waals surface area contributed by atoms with E-state index in [0.29, 0.717) is 16.9 Å². The van der Waals surface area contributed by atoms with Gasteiger partial charge >= 0.3 is 6.18 Å². The highest BCUT2D eigenvalue weighted by Gasteiger charge is 2.34. The number of carbonyl (C=O) groups excluding carboxylic acids is 1. The third kappa shape index (κ3) is 4.70. The second-order valence-corrected chi connectivity index (χ2v) is 9.25. The van der Waals surface area contributed by atoms with Crippen LogP contribution >= 0.6 is 0 Å². The number of hydrogen-bond donors (Lipinski definition) is 2. The van der Waals surface area contributed by atoms with Crippen LogP contribution < -0.4 is 10.5 Å². The van der Waals surface area contributed by atoms with E-state index < -0.39 is 27.7 Å². The molecule has 0 fully saturated rings. The summed E-state index contributed by atoms with van der Waals surface area (Å²) in [4.78, 5) is 11.6. The van der Waals surface area contributed by atoms with Crippen molar-refractivity contribution in [3.63, 3.8) is 0 Å². The van der Waals surface area contributed by atoms with Gasteiger partial charge < -0.3 is 10.3 Å². The third-order valence-electron chi connectivity index (χ3n) is 5.04. The topological polar surface area (TPSA) is 94.2 Å². The predicted molar refractivity (Wildman–Crippen MR) is 121 cm³/mol. The average Bonchev–Trinajstić information content (AvgIpc) is 3.15. The Labute approximate surface area is 187 Å². The Morgan fingerprint density at radius 3 is 2.42 bits per heavy atom. The molecule has 6 nitrogen and oxygen atoms in total. The molecule has 1 heterocycles. The van der Waals surface area contributed by atoms with Crippen molar-refractivity contribution in [2.24, 2.45) is 5.73 Å². The molecular weight excluding hydrogens is 455 g/mol. The van der Waals surface area contributed by atoms with Crippen LogP contribution in [0.25, 0.3) is 27.7 Å². The molecule has 0 atom stereocenters. The third-order valence-corrected chi connectivity index (χ3v) is 5.65. The zero-order chi connectivity index (χ0) is 24.0. The molecular formula is C23H18F3N3O3S. The van der Waals surface area contributed by atoms with Gasteiger partial charge in [0.2, 0.25) is 15.9 Å². The van der Waals surface area contributed by atoms with E-state index in [4.69, 9.17) is 5.73 Å². The summed E-state index contributed by atoms with van der Waals surface area (Å²) in [6.45, 7) is 0. The number of nitrogens with two attached hydrogens (primary N) is 1. The minimum absolute atomic E-state index is 0.0358. The fourth-order valence-electron chi connectivity index (χ4n) is 3.64. The number of primary amides is 1. The van der Waals surface area contributed by atoms with Crippen molar-refractivity contribution in [1.29, 1.82) is 0 Å². The molecule has 0 aliphatic heterocycles. The fraction of sp³-hybridized carbons (Fsp3) is 0.0870. The summed E-state index contributed by atoms with van der Waals surface area (Å²) in [6.07, 6.45) is -1.86. The van der Waals surface area contributed by atoms with E-state index >= 15 is 0 Å². The maximum absolute atomic E-state index is 13.7. The molecule has 170 valence electrons. The molecule has 1 aromatic heterocycles. The largest absolute Gasteiger partial charge is 0.417 e. The van der Waals surface area contributed by atoms with Gasteiger partial charge in [0.25, 0.3) is 0 Å². The van der Waals surface area contributed by atoms with E-state index in [2.05, 4.69) is 4.72 Å². The van der Waals surface area contributed by atoms with Crippen molar-refractivity contribution in [3.8, 4) is 16.8 Å². The van der Waals surface area contributed by atoms with Gasteiger partial charge in [0.1, 0.15) is 0 Å². The number of amides is 1. The molecule has 1 amide bonds. The smallest absolute Gasteiger partial charge is 0.366 e. The Bertz CT molecular complexity index is 1490. The molecule has 3 N–H and O–H groups in total. The number of fused-ring (bicyclic) bond motifs is 1. The molecule has 3 aromatic carbocycles. The normalized spacial score (nSPS) is 12.1. The van der Waals surface area contributed by atoms with Crippen LogP contribution in [0.15, 0.2) is 72.9 Å². The molecule has 0 unspecified atom stereocenters. The molecule has 0 bridgehead atoms. The second-order valence-electron chi connectivity index (χ2n) is 7.51. The first kappa shape index (κ1) is 22.4. The highest BCUT2D eigenvalue weighted by atomic mass is 32.2. The Morgan fingerprint density at radius 1 is 1.00 bits per heavy atom. The zero-order valence-corrected chi connectivity index (χ0v) is 18.0.